The van der Waals surface area contributed by atoms with E-state index in [1.807, 2.05) is 10.8 Å². The van der Waals surface area contributed by atoms with Gasteiger partial charge in [-0.15, -0.1) is 0 Å². The Kier molecular flexibility index (Phi) is 2.54. The highest BCUT2D eigenvalue weighted by atomic mass is 19.1. The number of hydrogen-bond donors (Lipinski definition) is 1. The van der Waals surface area contributed by atoms with E-state index in [0.29, 0.717) is 5.56 Å². The highest BCUT2D eigenvalue weighted by Crippen LogP contribution is 2.33. The summed E-state index contributed by atoms with van der Waals surface area (Å²) in [4.78, 5) is 4.39. The topological polar surface area (TPSA) is 29.9 Å². The van der Waals surface area contributed by atoms with E-state index in [1.165, 1.54) is 12.1 Å². The summed E-state index contributed by atoms with van der Waals surface area (Å²) in [5.41, 5.74) is 0.659. The van der Waals surface area contributed by atoms with Gasteiger partial charge in [0.1, 0.15) is 23.3 Å². The Balaban J connectivity index is 2.02. The van der Waals surface area contributed by atoms with Crippen LogP contribution in [0.25, 0.3) is 0 Å². The Hall–Kier alpha value is -1.91. The minimum Gasteiger partial charge on any atom is -0.372 e. The molecule has 2 aromatic rings. The van der Waals surface area contributed by atoms with Crippen molar-refractivity contribution in [2.75, 3.05) is 12.4 Å². The van der Waals surface area contributed by atoms with Crippen LogP contribution in [-0.4, -0.2) is 16.6 Å². The van der Waals surface area contributed by atoms with Gasteiger partial charge in [0.25, 0.3) is 0 Å². The van der Waals surface area contributed by atoms with E-state index >= 15 is 0 Å². The number of nitrogens with zero attached hydrogens (tertiary/aromatic N) is 2. The lowest BCUT2D eigenvalue weighted by molar-refractivity contribution is 0.560. The van der Waals surface area contributed by atoms with E-state index < -0.39 is 11.6 Å². The fraction of sp³-hybridized carbons (Fsp3) is 0.308. The molecule has 0 aliphatic carbocycles. The highest BCUT2D eigenvalue weighted by Gasteiger charge is 2.25. The van der Waals surface area contributed by atoms with Crippen molar-refractivity contribution in [3.63, 3.8) is 0 Å². The Morgan fingerprint density at radius 2 is 2.00 bits per heavy atom. The first-order valence-corrected chi connectivity index (χ1v) is 5.89. The summed E-state index contributed by atoms with van der Waals surface area (Å²) in [5, 5.41) is 2.97. The maximum absolute atomic E-state index is 13.3. The zero-order valence-corrected chi connectivity index (χ0v) is 9.95. The van der Waals surface area contributed by atoms with Crippen LogP contribution in [0, 0.1) is 11.6 Å². The Bertz CT molecular complexity index is 572. The molecule has 1 N–H and O–H groups in total. The van der Waals surface area contributed by atoms with Gasteiger partial charge in [0.05, 0.1) is 6.04 Å². The summed E-state index contributed by atoms with van der Waals surface area (Å²) in [6.45, 7) is 0. The quantitative estimate of drug-likeness (QED) is 0.886. The molecule has 0 saturated carbocycles. The number of nitrogens with one attached hydrogen (secondary N) is 1. The first kappa shape index (κ1) is 11.2. The molecule has 0 spiro atoms. The molecule has 0 bridgehead atoms. The lowest BCUT2D eigenvalue weighted by atomic mass is 10.0. The smallest absolute Gasteiger partial charge is 0.144 e. The van der Waals surface area contributed by atoms with Crippen molar-refractivity contribution < 1.29 is 8.78 Å². The summed E-state index contributed by atoms with van der Waals surface area (Å²) in [5.74, 6) is 0.667. The van der Waals surface area contributed by atoms with Gasteiger partial charge in [0.2, 0.25) is 0 Å². The van der Waals surface area contributed by atoms with Gasteiger partial charge in [0, 0.05) is 25.7 Å². The third-order valence-electron chi connectivity index (χ3n) is 3.31. The molecule has 1 unspecified atom stereocenters. The predicted octanol–water partition coefficient (Wildman–Crippen LogP) is 2.74. The second kappa shape index (κ2) is 4.08. The molecule has 0 saturated heterocycles. The van der Waals surface area contributed by atoms with Crippen LogP contribution in [0.15, 0.2) is 24.4 Å². The lowest BCUT2D eigenvalue weighted by Crippen LogP contribution is -2.05. The molecule has 0 fully saturated rings. The van der Waals surface area contributed by atoms with Crippen LogP contribution in [0.4, 0.5) is 14.6 Å². The van der Waals surface area contributed by atoms with E-state index in [-0.39, 0.29) is 6.04 Å². The molecule has 1 aromatic carbocycles. The molecule has 1 aromatic heterocycles. The van der Waals surface area contributed by atoms with Gasteiger partial charge >= 0.3 is 0 Å². The predicted molar refractivity (Wildman–Crippen MR) is 64.6 cm³/mol. The summed E-state index contributed by atoms with van der Waals surface area (Å²) in [6, 6.07) is 3.65. The van der Waals surface area contributed by atoms with E-state index in [4.69, 9.17) is 0 Å². The van der Waals surface area contributed by atoms with Crippen molar-refractivity contribution in [2.24, 2.45) is 0 Å². The van der Waals surface area contributed by atoms with Crippen molar-refractivity contribution in [3.05, 3.63) is 47.4 Å². The summed E-state index contributed by atoms with van der Waals surface area (Å²) < 4.78 is 28.5. The number of anilines is 1. The van der Waals surface area contributed by atoms with Crippen LogP contribution in [0.1, 0.15) is 23.9 Å². The highest BCUT2D eigenvalue weighted by molar-refractivity contribution is 5.36. The van der Waals surface area contributed by atoms with Crippen LogP contribution < -0.4 is 5.32 Å². The molecule has 18 heavy (non-hydrogen) atoms. The molecule has 5 heteroatoms. The maximum Gasteiger partial charge on any atom is 0.144 e. The van der Waals surface area contributed by atoms with Crippen molar-refractivity contribution in [3.8, 4) is 0 Å². The normalized spacial score (nSPS) is 17.8. The molecule has 3 rings (SSSR count). The molecule has 0 amide bonds. The van der Waals surface area contributed by atoms with Crippen molar-refractivity contribution in [2.45, 2.75) is 18.9 Å². The fourth-order valence-corrected chi connectivity index (χ4v) is 2.51. The van der Waals surface area contributed by atoms with Gasteiger partial charge in [-0.25, -0.2) is 13.8 Å². The number of aryl methyl sites for hydroxylation is 1. The second-order valence-corrected chi connectivity index (χ2v) is 4.46. The maximum atomic E-state index is 13.3. The Morgan fingerprint density at radius 3 is 2.67 bits per heavy atom. The van der Waals surface area contributed by atoms with E-state index in [1.54, 1.807) is 7.05 Å². The number of fused-ring (bicyclic) bond motifs is 1. The number of rotatable bonds is 2. The van der Waals surface area contributed by atoms with Crippen LogP contribution in [0.5, 0.6) is 0 Å². The molecule has 94 valence electrons. The SMILES string of the molecule is CNc1cn2c(n1)CCC2c1cc(F)cc(F)c1. The van der Waals surface area contributed by atoms with Gasteiger partial charge < -0.3 is 9.88 Å². The average molecular weight is 249 g/mol. The molecular weight excluding hydrogens is 236 g/mol. The zero-order valence-electron chi connectivity index (χ0n) is 9.95. The standard InChI is InChI=1S/C13H13F2N3/c1-16-12-7-18-11(2-3-13(18)17-12)8-4-9(14)6-10(15)5-8/h4-7,11,16H,2-3H2,1H3. The van der Waals surface area contributed by atoms with Crippen molar-refractivity contribution >= 4 is 5.82 Å². The van der Waals surface area contributed by atoms with Gasteiger partial charge in [-0.1, -0.05) is 0 Å². The van der Waals surface area contributed by atoms with E-state index in [0.717, 1.165) is 30.6 Å². The first-order chi connectivity index (χ1) is 8.67. The number of halogens is 2. The van der Waals surface area contributed by atoms with Crippen molar-refractivity contribution in [1.29, 1.82) is 0 Å². The largest absolute Gasteiger partial charge is 0.372 e. The zero-order chi connectivity index (χ0) is 12.7. The summed E-state index contributed by atoms with van der Waals surface area (Å²) in [7, 11) is 1.80. The average Bonchev–Trinajstić information content (AvgIpc) is 2.85. The van der Waals surface area contributed by atoms with E-state index in [2.05, 4.69) is 10.3 Å². The van der Waals surface area contributed by atoms with E-state index in [9.17, 15) is 8.78 Å². The Morgan fingerprint density at radius 1 is 1.28 bits per heavy atom. The molecule has 1 atom stereocenters. The minimum absolute atomic E-state index is 0.0280. The van der Waals surface area contributed by atoms with Crippen LogP contribution in [0.3, 0.4) is 0 Å². The van der Waals surface area contributed by atoms with Gasteiger partial charge in [-0.3, -0.25) is 0 Å². The van der Waals surface area contributed by atoms with Gasteiger partial charge in [0.15, 0.2) is 0 Å². The van der Waals surface area contributed by atoms with Crippen LogP contribution >= 0.6 is 0 Å². The summed E-state index contributed by atoms with van der Waals surface area (Å²) >= 11 is 0. The van der Waals surface area contributed by atoms with Crippen LogP contribution in [-0.2, 0) is 6.42 Å². The second-order valence-electron chi connectivity index (χ2n) is 4.46. The third-order valence-corrected chi connectivity index (χ3v) is 3.31. The Labute approximate surface area is 103 Å². The first-order valence-electron chi connectivity index (χ1n) is 5.89. The molecule has 0 radical (unpaired) electrons. The molecule has 1 aliphatic rings. The summed E-state index contributed by atoms with van der Waals surface area (Å²) in [6.07, 6.45) is 3.54. The lowest BCUT2D eigenvalue weighted by Gasteiger charge is -2.13. The molecule has 1 aliphatic heterocycles. The van der Waals surface area contributed by atoms with Gasteiger partial charge in [-0.05, 0) is 24.1 Å². The van der Waals surface area contributed by atoms with Gasteiger partial charge in [-0.2, -0.15) is 0 Å². The molecule has 3 nitrogen and oxygen atoms in total. The molecule has 2 heterocycles. The third kappa shape index (κ3) is 1.75. The minimum atomic E-state index is -0.535. The fourth-order valence-electron chi connectivity index (χ4n) is 2.51. The number of hydrogen-bond acceptors (Lipinski definition) is 2. The number of imidazole rings is 1. The molecular formula is C13H13F2N3. The van der Waals surface area contributed by atoms with Crippen molar-refractivity contribution in [1.82, 2.24) is 9.55 Å². The van der Waals surface area contributed by atoms with Crippen LogP contribution in [0.2, 0.25) is 0 Å². The number of benzene rings is 1. The monoisotopic (exact) mass is 249 g/mol. The number of aromatic nitrogens is 2.